The van der Waals surface area contributed by atoms with E-state index in [2.05, 4.69) is 10.3 Å². The normalized spacial score (nSPS) is 31.5. The average Bonchev–Trinajstić information content (AvgIpc) is 2.23. The van der Waals surface area contributed by atoms with Gasteiger partial charge in [0.05, 0.1) is 6.10 Å². The highest BCUT2D eigenvalue weighted by Crippen LogP contribution is 2.24. The molecule has 0 aliphatic carbocycles. The molecule has 1 fully saturated rings. The number of nitrogens with one attached hydrogen (secondary N) is 1. The molecule has 0 amide bonds. The summed E-state index contributed by atoms with van der Waals surface area (Å²) in [7, 11) is 0. The molecule has 0 spiro atoms. The molecule has 4 nitrogen and oxygen atoms in total. The molecule has 1 aromatic rings. The lowest BCUT2D eigenvalue weighted by atomic mass is 9.96. The number of alkyl halides is 1. The number of rotatable bonds is 1. The van der Waals surface area contributed by atoms with Crippen LogP contribution < -0.4 is 11.1 Å². The average molecular weight is 211 g/mol. The first-order valence-corrected chi connectivity index (χ1v) is 4.94. The van der Waals surface area contributed by atoms with Gasteiger partial charge in [-0.25, -0.2) is 9.37 Å². The molecule has 1 aliphatic rings. The minimum atomic E-state index is -1.18. The van der Waals surface area contributed by atoms with E-state index in [1.54, 1.807) is 12.3 Å². The van der Waals surface area contributed by atoms with Crippen molar-refractivity contribution in [1.29, 1.82) is 0 Å². The maximum atomic E-state index is 13.0. The third-order valence-corrected chi connectivity index (χ3v) is 2.67. The molecule has 1 aliphatic heterocycles. The Bertz CT molecular complexity index is 330. The topological polar surface area (TPSA) is 71.2 Å². The van der Waals surface area contributed by atoms with Crippen LogP contribution in [0.3, 0.4) is 0 Å². The van der Waals surface area contributed by atoms with Gasteiger partial charge in [-0.05, 0) is 18.1 Å². The quantitative estimate of drug-likeness (QED) is 0.628. The van der Waals surface area contributed by atoms with Gasteiger partial charge in [0.15, 0.2) is 0 Å². The van der Waals surface area contributed by atoms with Crippen LogP contribution in [0.4, 0.5) is 10.2 Å². The number of nitrogens with zero attached hydrogens (tertiary/aromatic N) is 1. The van der Waals surface area contributed by atoms with E-state index in [-0.39, 0.29) is 12.6 Å². The van der Waals surface area contributed by atoms with Gasteiger partial charge in [0.1, 0.15) is 12.0 Å². The molecule has 2 heterocycles. The van der Waals surface area contributed by atoms with Crippen molar-refractivity contribution in [2.75, 3.05) is 12.3 Å². The minimum Gasteiger partial charge on any atom is -0.390 e. The van der Waals surface area contributed by atoms with Crippen molar-refractivity contribution in [3.63, 3.8) is 0 Å². The van der Waals surface area contributed by atoms with Crippen molar-refractivity contribution in [2.24, 2.45) is 0 Å². The zero-order chi connectivity index (χ0) is 10.8. The second-order valence-electron chi connectivity index (χ2n) is 3.80. The van der Waals surface area contributed by atoms with Crippen molar-refractivity contribution in [3.8, 4) is 0 Å². The molecule has 15 heavy (non-hydrogen) atoms. The van der Waals surface area contributed by atoms with Crippen LogP contribution in [-0.2, 0) is 0 Å². The second-order valence-corrected chi connectivity index (χ2v) is 3.80. The number of halogens is 1. The van der Waals surface area contributed by atoms with Crippen molar-refractivity contribution in [2.45, 2.75) is 24.7 Å². The summed E-state index contributed by atoms with van der Waals surface area (Å²) in [4.78, 5) is 3.96. The first-order valence-electron chi connectivity index (χ1n) is 4.94. The third kappa shape index (κ3) is 2.24. The lowest BCUT2D eigenvalue weighted by molar-refractivity contribution is 0.0368. The minimum absolute atomic E-state index is 0.0416. The van der Waals surface area contributed by atoms with Gasteiger partial charge >= 0.3 is 0 Å². The van der Waals surface area contributed by atoms with Crippen LogP contribution in [-0.4, -0.2) is 28.9 Å². The zero-order valence-corrected chi connectivity index (χ0v) is 8.23. The van der Waals surface area contributed by atoms with Crippen LogP contribution in [0.2, 0.25) is 0 Å². The largest absolute Gasteiger partial charge is 0.390 e. The molecule has 3 atom stereocenters. The van der Waals surface area contributed by atoms with Crippen molar-refractivity contribution < 1.29 is 9.50 Å². The number of pyridine rings is 1. The van der Waals surface area contributed by atoms with E-state index in [0.717, 1.165) is 5.56 Å². The van der Waals surface area contributed by atoms with E-state index < -0.39 is 12.3 Å². The molecule has 0 aromatic carbocycles. The van der Waals surface area contributed by atoms with Crippen molar-refractivity contribution in [3.05, 3.63) is 23.9 Å². The molecule has 1 unspecified atom stereocenters. The number of anilines is 1. The molecular formula is C10H14FN3O. The van der Waals surface area contributed by atoms with Crippen LogP contribution in [0.1, 0.15) is 18.0 Å². The smallest absolute Gasteiger partial charge is 0.138 e. The third-order valence-electron chi connectivity index (χ3n) is 2.67. The molecule has 2 rings (SSSR count). The first kappa shape index (κ1) is 10.3. The highest BCUT2D eigenvalue weighted by atomic mass is 19.1. The van der Waals surface area contributed by atoms with E-state index >= 15 is 0 Å². The molecule has 0 saturated carbocycles. The summed E-state index contributed by atoms with van der Waals surface area (Å²) in [5, 5.41) is 12.4. The summed E-state index contributed by atoms with van der Waals surface area (Å²) in [5.74, 6) is 0.457. The van der Waals surface area contributed by atoms with E-state index in [4.69, 9.17) is 5.73 Å². The summed E-state index contributed by atoms with van der Waals surface area (Å²) in [5.41, 5.74) is 6.39. The Kier molecular flexibility index (Phi) is 2.83. The predicted molar refractivity (Wildman–Crippen MR) is 54.9 cm³/mol. The number of aliphatic hydroxyl groups excluding tert-OH is 1. The Balaban J connectivity index is 2.08. The SMILES string of the molecule is Nc1ccc(C2C[C@@H](O)[C@H](F)CN2)cn1. The number of piperidine rings is 1. The molecular weight excluding hydrogens is 197 g/mol. The fraction of sp³-hybridized carbons (Fsp3) is 0.500. The van der Waals surface area contributed by atoms with Gasteiger partial charge in [0.2, 0.25) is 0 Å². The standard InChI is InChI=1S/C10H14FN3O/c11-7-5-13-8(3-9(7)15)6-1-2-10(12)14-4-6/h1-2,4,7-9,13,15H,3,5H2,(H2,12,14)/t7-,8?,9-/m1/s1. The van der Waals surface area contributed by atoms with Gasteiger partial charge in [-0.1, -0.05) is 6.07 Å². The summed E-state index contributed by atoms with van der Waals surface area (Å²) in [6.07, 6.45) is -0.0535. The van der Waals surface area contributed by atoms with Crippen LogP contribution in [0.25, 0.3) is 0 Å². The number of aliphatic hydroxyl groups is 1. The summed E-state index contributed by atoms with van der Waals surface area (Å²) >= 11 is 0. The Labute approximate surface area is 87.3 Å². The van der Waals surface area contributed by atoms with E-state index in [1.165, 1.54) is 0 Å². The number of aromatic nitrogens is 1. The van der Waals surface area contributed by atoms with Crippen LogP contribution in [0, 0.1) is 0 Å². The molecule has 4 N–H and O–H groups in total. The Morgan fingerprint density at radius 1 is 1.53 bits per heavy atom. The summed E-state index contributed by atoms with van der Waals surface area (Å²) in [6.45, 7) is 0.177. The fourth-order valence-corrected chi connectivity index (χ4v) is 1.74. The maximum Gasteiger partial charge on any atom is 0.138 e. The lowest BCUT2D eigenvalue weighted by Gasteiger charge is -2.30. The molecule has 1 aromatic heterocycles. The number of nitrogen functional groups attached to an aromatic ring is 1. The number of hydrogen-bond acceptors (Lipinski definition) is 4. The highest BCUT2D eigenvalue weighted by Gasteiger charge is 2.29. The summed E-state index contributed by atoms with van der Waals surface area (Å²) < 4.78 is 13.0. The maximum absolute atomic E-state index is 13.0. The van der Waals surface area contributed by atoms with Gasteiger partial charge < -0.3 is 16.2 Å². The Morgan fingerprint density at radius 3 is 2.93 bits per heavy atom. The monoisotopic (exact) mass is 211 g/mol. The Morgan fingerprint density at radius 2 is 2.33 bits per heavy atom. The van der Waals surface area contributed by atoms with Gasteiger partial charge in [-0.2, -0.15) is 0 Å². The summed E-state index contributed by atoms with van der Waals surface area (Å²) in [6, 6.07) is 3.50. The van der Waals surface area contributed by atoms with Crippen LogP contribution in [0.15, 0.2) is 18.3 Å². The van der Waals surface area contributed by atoms with Crippen LogP contribution in [0.5, 0.6) is 0 Å². The first-order chi connectivity index (χ1) is 7.16. The van der Waals surface area contributed by atoms with Gasteiger partial charge in [-0.15, -0.1) is 0 Å². The molecule has 0 bridgehead atoms. The van der Waals surface area contributed by atoms with E-state index in [0.29, 0.717) is 12.2 Å². The van der Waals surface area contributed by atoms with E-state index in [9.17, 15) is 9.50 Å². The van der Waals surface area contributed by atoms with Crippen molar-refractivity contribution >= 4 is 5.82 Å². The molecule has 5 heteroatoms. The van der Waals surface area contributed by atoms with E-state index in [1.807, 2.05) is 6.07 Å². The van der Waals surface area contributed by atoms with Gasteiger partial charge in [0, 0.05) is 18.8 Å². The van der Waals surface area contributed by atoms with Crippen molar-refractivity contribution in [1.82, 2.24) is 10.3 Å². The predicted octanol–water partition coefficient (Wildman–Crippen LogP) is 0.397. The number of hydrogen-bond donors (Lipinski definition) is 3. The van der Waals surface area contributed by atoms with Crippen LogP contribution >= 0.6 is 0 Å². The molecule has 1 saturated heterocycles. The van der Waals surface area contributed by atoms with Gasteiger partial charge in [0.25, 0.3) is 0 Å². The zero-order valence-electron chi connectivity index (χ0n) is 8.23. The fourth-order valence-electron chi connectivity index (χ4n) is 1.74. The highest BCUT2D eigenvalue weighted by molar-refractivity contribution is 5.30. The lowest BCUT2D eigenvalue weighted by Crippen LogP contribution is -2.43. The Hall–Kier alpha value is -1.20. The number of nitrogens with two attached hydrogens (primary N) is 1. The molecule has 0 radical (unpaired) electrons. The second kappa shape index (κ2) is 4.12. The molecule has 82 valence electrons. The van der Waals surface area contributed by atoms with Gasteiger partial charge in [-0.3, -0.25) is 0 Å².